The van der Waals surface area contributed by atoms with Crippen LogP contribution in [0.5, 0.6) is 0 Å². The fourth-order valence-electron chi connectivity index (χ4n) is 2.86. The lowest BCUT2D eigenvalue weighted by Gasteiger charge is -2.10. The number of halogens is 3. The Balaban J connectivity index is 1.37. The zero-order valence-electron chi connectivity index (χ0n) is 15.1. The van der Waals surface area contributed by atoms with Crippen LogP contribution in [0.25, 0.3) is 0 Å². The minimum Gasteiger partial charge on any atom is -0.325 e. The maximum Gasteiger partial charge on any atom is 0.416 e. The third kappa shape index (κ3) is 4.99. The number of rotatable bonds is 7. The Bertz CT molecular complexity index is 980. The number of nitrogens with zero attached hydrogens (tertiary/aromatic N) is 3. The highest BCUT2D eigenvalue weighted by Crippen LogP contribution is 2.39. The van der Waals surface area contributed by atoms with Gasteiger partial charge in [0.05, 0.1) is 11.3 Å². The zero-order valence-corrected chi connectivity index (χ0v) is 16.8. The molecular weight excluding hydrogens is 421 g/mol. The zero-order chi connectivity index (χ0) is 20.4. The number of carbonyl (C=O) groups is 1. The van der Waals surface area contributed by atoms with Crippen LogP contribution in [0, 0.1) is 0 Å². The smallest absolute Gasteiger partial charge is 0.325 e. The Kier molecular flexibility index (Phi) is 5.64. The Morgan fingerprint density at radius 1 is 1.21 bits per heavy atom. The molecule has 10 heteroatoms. The van der Waals surface area contributed by atoms with Gasteiger partial charge in [0.2, 0.25) is 5.91 Å². The second-order valence-corrected chi connectivity index (χ2v) is 8.64. The predicted octanol–water partition coefficient (Wildman–Crippen LogP) is 5.01. The summed E-state index contributed by atoms with van der Waals surface area (Å²) in [6.07, 6.45) is -1.55. The topological polar surface area (TPSA) is 59.8 Å². The first kappa shape index (κ1) is 20.0. The molecule has 0 spiro atoms. The van der Waals surface area contributed by atoms with Gasteiger partial charge in [0, 0.05) is 23.0 Å². The van der Waals surface area contributed by atoms with E-state index in [0.29, 0.717) is 23.3 Å². The third-order valence-corrected chi connectivity index (χ3v) is 6.21. The van der Waals surface area contributed by atoms with E-state index in [4.69, 9.17) is 0 Å². The predicted molar refractivity (Wildman–Crippen MR) is 106 cm³/mol. The molecule has 2 aromatic heterocycles. The molecule has 152 valence electrons. The second-order valence-electron chi connectivity index (χ2n) is 6.67. The lowest BCUT2D eigenvalue weighted by atomic mass is 10.2. The van der Waals surface area contributed by atoms with Crippen molar-refractivity contribution in [3.8, 4) is 0 Å². The molecule has 0 aliphatic heterocycles. The second kappa shape index (κ2) is 8.19. The number of aromatic nitrogens is 3. The van der Waals surface area contributed by atoms with Crippen LogP contribution in [-0.2, 0) is 17.4 Å². The maximum atomic E-state index is 12.6. The van der Waals surface area contributed by atoms with Gasteiger partial charge in [0.1, 0.15) is 5.82 Å². The van der Waals surface area contributed by atoms with Crippen LogP contribution in [-0.4, -0.2) is 26.4 Å². The average molecular weight is 439 g/mol. The van der Waals surface area contributed by atoms with E-state index >= 15 is 0 Å². The van der Waals surface area contributed by atoms with Crippen molar-refractivity contribution >= 4 is 34.7 Å². The van der Waals surface area contributed by atoms with Crippen molar-refractivity contribution in [2.45, 2.75) is 36.6 Å². The molecule has 1 aliphatic carbocycles. The normalized spacial score (nSPS) is 14.2. The highest BCUT2D eigenvalue weighted by atomic mass is 32.2. The first-order valence-electron chi connectivity index (χ1n) is 8.96. The van der Waals surface area contributed by atoms with Gasteiger partial charge in [-0.05, 0) is 48.6 Å². The van der Waals surface area contributed by atoms with Crippen molar-refractivity contribution in [2.24, 2.45) is 0 Å². The lowest BCUT2D eigenvalue weighted by molar-refractivity contribution is -0.137. The van der Waals surface area contributed by atoms with E-state index in [2.05, 4.69) is 26.1 Å². The number of hydrogen-bond donors (Lipinski definition) is 1. The largest absolute Gasteiger partial charge is 0.416 e. The van der Waals surface area contributed by atoms with Crippen LogP contribution in [0.15, 0.2) is 46.9 Å². The number of benzene rings is 1. The number of hydrogen-bond acceptors (Lipinski definition) is 5. The van der Waals surface area contributed by atoms with E-state index < -0.39 is 11.7 Å². The van der Waals surface area contributed by atoms with Gasteiger partial charge < -0.3 is 9.88 Å². The van der Waals surface area contributed by atoms with Crippen molar-refractivity contribution in [1.29, 1.82) is 0 Å². The molecule has 1 aliphatic rings. The number of thioether (sulfide) groups is 1. The van der Waals surface area contributed by atoms with Gasteiger partial charge in [-0.1, -0.05) is 17.8 Å². The van der Waals surface area contributed by atoms with Crippen molar-refractivity contribution in [3.05, 3.63) is 58.0 Å². The van der Waals surface area contributed by atoms with Gasteiger partial charge in [-0.2, -0.15) is 13.2 Å². The van der Waals surface area contributed by atoms with Crippen molar-refractivity contribution in [3.63, 3.8) is 0 Å². The SMILES string of the molecule is O=C(CSc1nnc(Cc2cccs2)n1C1CC1)Nc1ccc(C(F)(F)F)cc1. The molecule has 0 bridgehead atoms. The average Bonchev–Trinajstić information content (AvgIpc) is 3.22. The first-order chi connectivity index (χ1) is 13.9. The van der Waals surface area contributed by atoms with Gasteiger partial charge >= 0.3 is 6.18 Å². The monoisotopic (exact) mass is 438 g/mol. The summed E-state index contributed by atoms with van der Waals surface area (Å²) in [4.78, 5) is 13.4. The molecule has 1 saturated carbocycles. The molecule has 3 aromatic rings. The van der Waals surface area contributed by atoms with Crippen LogP contribution < -0.4 is 5.32 Å². The summed E-state index contributed by atoms with van der Waals surface area (Å²) in [7, 11) is 0. The van der Waals surface area contributed by atoms with Crippen LogP contribution in [0.4, 0.5) is 18.9 Å². The van der Waals surface area contributed by atoms with E-state index in [9.17, 15) is 18.0 Å². The summed E-state index contributed by atoms with van der Waals surface area (Å²) in [5, 5.41) is 13.9. The van der Waals surface area contributed by atoms with Gasteiger partial charge in [0.25, 0.3) is 0 Å². The summed E-state index contributed by atoms with van der Waals surface area (Å²) in [5.41, 5.74) is -0.425. The molecule has 0 radical (unpaired) electrons. The summed E-state index contributed by atoms with van der Waals surface area (Å²) in [5.74, 6) is 0.686. The highest BCUT2D eigenvalue weighted by Gasteiger charge is 2.31. The number of alkyl halides is 3. The third-order valence-electron chi connectivity index (χ3n) is 4.39. The molecule has 29 heavy (non-hydrogen) atoms. The number of anilines is 1. The number of carbonyl (C=O) groups excluding carboxylic acids is 1. The quantitative estimate of drug-likeness (QED) is 0.527. The number of nitrogens with one attached hydrogen (secondary N) is 1. The lowest BCUT2D eigenvalue weighted by Crippen LogP contribution is -2.15. The van der Waals surface area contributed by atoms with Gasteiger partial charge in [-0.15, -0.1) is 21.5 Å². The van der Waals surface area contributed by atoms with Crippen molar-refractivity contribution < 1.29 is 18.0 Å². The molecule has 2 heterocycles. The van der Waals surface area contributed by atoms with Gasteiger partial charge in [-0.25, -0.2) is 0 Å². The minimum absolute atomic E-state index is 0.102. The Hall–Kier alpha value is -2.33. The highest BCUT2D eigenvalue weighted by molar-refractivity contribution is 7.99. The molecule has 1 N–H and O–H groups in total. The summed E-state index contributed by atoms with van der Waals surface area (Å²) >= 11 is 2.95. The molecule has 0 saturated heterocycles. The molecule has 1 aromatic carbocycles. The standard InChI is InChI=1S/C19H17F3N4OS2/c20-19(21,22)12-3-5-13(6-4-12)23-17(27)11-29-18-25-24-16(26(18)14-7-8-14)10-15-2-1-9-28-15/h1-6,9,14H,7-8,10-11H2,(H,23,27). The molecule has 1 fully saturated rings. The molecular formula is C19H17F3N4OS2. The molecule has 0 unspecified atom stereocenters. The van der Waals surface area contributed by atoms with Crippen LogP contribution >= 0.6 is 23.1 Å². The molecule has 4 rings (SSSR count). The van der Waals surface area contributed by atoms with Crippen LogP contribution in [0.2, 0.25) is 0 Å². The summed E-state index contributed by atoms with van der Waals surface area (Å²) in [6.45, 7) is 0. The van der Waals surface area contributed by atoms with E-state index in [0.717, 1.165) is 30.8 Å². The maximum absolute atomic E-state index is 12.6. The van der Waals surface area contributed by atoms with E-state index in [-0.39, 0.29) is 11.7 Å². The minimum atomic E-state index is -4.40. The Morgan fingerprint density at radius 3 is 2.59 bits per heavy atom. The molecule has 1 amide bonds. The summed E-state index contributed by atoms with van der Waals surface area (Å²) < 4.78 is 40.0. The van der Waals surface area contributed by atoms with Crippen molar-refractivity contribution in [2.75, 3.05) is 11.1 Å². The summed E-state index contributed by atoms with van der Waals surface area (Å²) in [6, 6.07) is 8.82. The molecule has 0 atom stereocenters. The van der Waals surface area contributed by atoms with E-state index in [1.54, 1.807) is 11.3 Å². The number of thiophene rings is 1. The van der Waals surface area contributed by atoms with E-state index in [1.807, 2.05) is 11.4 Å². The molecule has 5 nitrogen and oxygen atoms in total. The fourth-order valence-corrected chi connectivity index (χ4v) is 4.39. The van der Waals surface area contributed by atoms with Crippen molar-refractivity contribution in [1.82, 2.24) is 14.8 Å². The Labute approximate surface area is 173 Å². The fraction of sp³-hybridized carbons (Fsp3) is 0.316. The van der Waals surface area contributed by atoms with E-state index in [1.165, 1.54) is 28.8 Å². The number of amides is 1. The van der Waals surface area contributed by atoms with Gasteiger partial charge in [-0.3, -0.25) is 4.79 Å². The van der Waals surface area contributed by atoms with Crippen LogP contribution in [0.3, 0.4) is 0 Å². The Morgan fingerprint density at radius 2 is 1.97 bits per heavy atom. The van der Waals surface area contributed by atoms with Crippen LogP contribution in [0.1, 0.15) is 35.1 Å². The van der Waals surface area contributed by atoms with Gasteiger partial charge in [0.15, 0.2) is 5.16 Å². The first-order valence-corrected chi connectivity index (χ1v) is 10.8.